The van der Waals surface area contributed by atoms with Gasteiger partial charge in [-0.25, -0.2) is 12.8 Å². The third-order valence-electron chi connectivity index (χ3n) is 4.59. The summed E-state index contributed by atoms with van der Waals surface area (Å²) in [4.78, 5) is 12.2. The van der Waals surface area contributed by atoms with Crippen molar-refractivity contribution in [2.45, 2.75) is 24.8 Å². The van der Waals surface area contributed by atoms with Gasteiger partial charge in [0.1, 0.15) is 11.6 Å². The first-order valence-electron chi connectivity index (χ1n) is 9.61. The first-order chi connectivity index (χ1) is 14.7. The highest BCUT2D eigenvalue weighted by Crippen LogP contribution is 2.24. The van der Waals surface area contributed by atoms with E-state index >= 15 is 0 Å². The van der Waals surface area contributed by atoms with Gasteiger partial charge >= 0.3 is 0 Å². The summed E-state index contributed by atoms with van der Waals surface area (Å²) in [6, 6.07) is 18.8. The highest BCUT2D eigenvalue weighted by molar-refractivity contribution is 7.92. The molecule has 0 spiro atoms. The molecule has 0 radical (unpaired) electrons. The van der Waals surface area contributed by atoms with E-state index in [1.165, 1.54) is 42.5 Å². The van der Waals surface area contributed by atoms with Gasteiger partial charge in [-0.05, 0) is 67.4 Å². The van der Waals surface area contributed by atoms with Crippen LogP contribution in [0, 0.1) is 12.7 Å². The number of amides is 1. The number of halogens is 1. The van der Waals surface area contributed by atoms with Crippen molar-refractivity contribution in [1.29, 1.82) is 0 Å². The minimum atomic E-state index is -3.85. The first kappa shape index (κ1) is 22.3. The monoisotopic (exact) mass is 442 g/mol. The molecule has 0 heterocycles. The lowest BCUT2D eigenvalue weighted by Crippen LogP contribution is -2.31. The van der Waals surface area contributed by atoms with Crippen LogP contribution in [0.3, 0.4) is 0 Å². The van der Waals surface area contributed by atoms with Gasteiger partial charge in [0.15, 0.2) is 6.61 Å². The third kappa shape index (κ3) is 6.05. The fourth-order valence-corrected chi connectivity index (χ4v) is 4.08. The van der Waals surface area contributed by atoms with Gasteiger partial charge in [-0.1, -0.05) is 30.3 Å². The normalized spacial score (nSPS) is 12.1. The highest BCUT2D eigenvalue weighted by Gasteiger charge is 2.17. The zero-order valence-corrected chi connectivity index (χ0v) is 17.9. The summed E-state index contributed by atoms with van der Waals surface area (Å²) in [5.74, 6) is -0.337. The Morgan fingerprint density at radius 1 is 1.03 bits per heavy atom. The first-order valence-corrected chi connectivity index (χ1v) is 11.1. The van der Waals surface area contributed by atoms with Crippen LogP contribution in [-0.2, 0) is 14.8 Å². The Labute approximate surface area is 181 Å². The van der Waals surface area contributed by atoms with Crippen molar-refractivity contribution in [3.8, 4) is 5.75 Å². The molecule has 3 aromatic rings. The molecule has 31 heavy (non-hydrogen) atoms. The van der Waals surface area contributed by atoms with Crippen LogP contribution < -0.4 is 14.8 Å². The topological polar surface area (TPSA) is 84.5 Å². The lowest BCUT2D eigenvalue weighted by atomic mass is 10.1. The van der Waals surface area contributed by atoms with Crippen LogP contribution in [0.1, 0.15) is 24.1 Å². The van der Waals surface area contributed by atoms with Crippen molar-refractivity contribution in [2.24, 2.45) is 0 Å². The van der Waals surface area contributed by atoms with E-state index in [9.17, 15) is 17.6 Å². The van der Waals surface area contributed by atoms with Gasteiger partial charge in [-0.3, -0.25) is 9.52 Å². The zero-order chi connectivity index (χ0) is 22.4. The summed E-state index contributed by atoms with van der Waals surface area (Å²) in [5, 5.41) is 2.86. The van der Waals surface area contributed by atoms with Crippen molar-refractivity contribution < 1.29 is 22.3 Å². The number of nitrogens with one attached hydrogen (secondary N) is 2. The molecule has 6 nitrogen and oxygen atoms in total. The summed E-state index contributed by atoms with van der Waals surface area (Å²) in [5.41, 5.74) is 1.80. The third-order valence-corrected chi connectivity index (χ3v) is 5.97. The molecule has 0 aromatic heterocycles. The molecule has 0 aliphatic carbocycles. The minimum absolute atomic E-state index is 0.0313. The Morgan fingerprint density at radius 3 is 2.35 bits per heavy atom. The molecule has 1 amide bonds. The van der Waals surface area contributed by atoms with Gasteiger partial charge < -0.3 is 10.1 Å². The maximum atomic E-state index is 13.0. The van der Waals surface area contributed by atoms with Crippen molar-refractivity contribution in [1.82, 2.24) is 5.32 Å². The van der Waals surface area contributed by atoms with Gasteiger partial charge in [-0.2, -0.15) is 0 Å². The van der Waals surface area contributed by atoms with E-state index in [1.807, 2.05) is 37.3 Å². The fraction of sp³-hybridized carbons (Fsp3) is 0.174. The molecule has 0 aliphatic rings. The molecule has 3 aromatic carbocycles. The van der Waals surface area contributed by atoms with Crippen LogP contribution in [0.15, 0.2) is 77.7 Å². The molecular formula is C23H23FN2O4S. The smallest absolute Gasteiger partial charge is 0.261 e. The highest BCUT2D eigenvalue weighted by atomic mass is 32.2. The van der Waals surface area contributed by atoms with Crippen molar-refractivity contribution >= 4 is 21.6 Å². The van der Waals surface area contributed by atoms with E-state index in [1.54, 1.807) is 6.92 Å². The molecule has 1 atom stereocenters. The molecule has 0 fully saturated rings. The summed E-state index contributed by atoms with van der Waals surface area (Å²) in [6.45, 7) is 3.38. The standard InChI is InChI=1S/C23H23FN2O4S/c1-16-14-21(31(28,29)26-20-10-8-19(24)9-11-20)12-13-22(16)30-15-23(27)25-17(2)18-6-4-3-5-7-18/h3-14,17,26H,15H2,1-2H3,(H,25,27)/t17-/m1/s1. The van der Waals surface area contributed by atoms with E-state index in [4.69, 9.17) is 4.74 Å². The Morgan fingerprint density at radius 2 is 1.71 bits per heavy atom. The summed E-state index contributed by atoms with van der Waals surface area (Å²) < 4.78 is 46.1. The summed E-state index contributed by atoms with van der Waals surface area (Å²) in [7, 11) is -3.85. The number of ether oxygens (including phenoxy) is 1. The molecule has 0 aliphatic heterocycles. The SMILES string of the molecule is Cc1cc(S(=O)(=O)Nc2ccc(F)cc2)ccc1OCC(=O)N[C@H](C)c1ccccc1. The van der Waals surface area contributed by atoms with E-state index in [2.05, 4.69) is 10.0 Å². The van der Waals surface area contributed by atoms with Gasteiger partial charge in [0.05, 0.1) is 10.9 Å². The van der Waals surface area contributed by atoms with Crippen LogP contribution >= 0.6 is 0 Å². The Balaban J connectivity index is 1.61. The number of benzene rings is 3. The van der Waals surface area contributed by atoms with Crippen molar-refractivity contribution in [3.05, 3.63) is 89.7 Å². The largest absolute Gasteiger partial charge is 0.484 e. The molecule has 2 N–H and O–H groups in total. The van der Waals surface area contributed by atoms with Crippen LogP contribution in [0.4, 0.5) is 10.1 Å². The number of aryl methyl sites for hydroxylation is 1. The number of anilines is 1. The van der Waals surface area contributed by atoms with E-state index < -0.39 is 15.8 Å². The number of hydrogen-bond acceptors (Lipinski definition) is 4. The van der Waals surface area contributed by atoms with E-state index in [-0.39, 0.29) is 29.1 Å². The predicted octanol–water partition coefficient (Wildman–Crippen LogP) is 4.19. The van der Waals surface area contributed by atoms with Crippen LogP contribution in [0.25, 0.3) is 0 Å². The Bertz CT molecular complexity index is 1150. The average Bonchev–Trinajstić information content (AvgIpc) is 2.75. The molecule has 0 saturated carbocycles. The Hall–Kier alpha value is -3.39. The second-order valence-corrected chi connectivity index (χ2v) is 8.71. The van der Waals surface area contributed by atoms with Gasteiger partial charge in [0.2, 0.25) is 0 Å². The van der Waals surface area contributed by atoms with Gasteiger partial charge in [-0.15, -0.1) is 0 Å². The predicted molar refractivity (Wildman–Crippen MR) is 117 cm³/mol. The van der Waals surface area contributed by atoms with E-state index in [0.717, 1.165) is 5.56 Å². The maximum absolute atomic E-state index is 13.0. The lowest BCUT2D eigenvalue weighted by Gasteiger charge is -2.15. The minimum Gasteiger partial charge on any atom is -0.484 e. The van der Waals surface area contributed by atoms with Gasteiger partial charge in [0.25, 0.3) is 15.9 Å². The number of carbonyl (C=O) groups excluding carboxylic acids is 1. The summed E-state index contributed by atoms with van der Waals surface area (Å²) in [6.07, 6.45) is 0. The van der Waals surface area contributed by atoms with Crippen molar-refractivity contribution in [2.75, 3.05) is 11.3 Å². The maximum Gasteiger partial charge on any atom is 0.261 e. The van der Waals surface area contributed by atoms with Crippen LogP contribution in [-0.4, -0.2) is 20.9 Å². The second-order valence-electron chi connectivity index (χ2n) is 7.03. The number of hydrogen-bond donors (Lipinski definition) is 2. The van der Waals surface area contributed by atoms with Crippen LogP contribution in [0.5, 0.6) is 5.75 Å². The average molecular weight is 443 g/mol. The van der Waals surface area contributed by atoms with E-state index in [0.29, 0.717) is 11.3 Å². The molecule has 0 unspecified atom stereocenters. The number of carbonyl (C=O) groups is 1. The molecule has 8 heteroatoms. The molecule has 3 rings (SSSR count). The number of rotatable bonds is 8. The summed E-state index contributed by atoms with van der Waals surface area (Å²) >= 11 is 0. The molecule has 0 bridgehead atoms. The number of sulfonamides is 1. The fourth-order valence-electron chi connectivity index (χ4n) is 2.93. The zero-order valence-electron chi connectivity index (χ0n) is 17.1. The quantitative estimate of drug-likeness (QED) is 0.548. The Kier molecular flexibility index (Phi) is 6.91. The van der Waals surface area contributed by atoms with Crippen molar-refractivity contribution in [3.63, 3.8) is 0 Å². The molecule has 162 valence electrons. The van der Waals surface area contributed by atoms with Crippen LogP contribution in [0.2, 0.25) is 0 Å². The second kappa shape index (κ2) is 9.61. The van der Waals surface area contributed by atoms with Gasteiger partial charge in [0, 0.05) is 5.69 Å². The lowest BCUT2D eigenvalue weighted by molar-refractivity contribution is -0.123. The molecular weight excluding hydrogens is 419 g/mol. The molecule has 0 saturated heterocycles.